The normalized spacial score (nSPS) is 11.2. The monoisotopic (exact) mass is 790 g/mol. The van der Waals surface area contributed by atoms with Crippen molar-refractivity contribution in [2.24, 2.45) is 0 Å². The van der Waals surface area contributed by atoms with Crippen LogP contribution in [0.3, 0.4) is 0 Å². The molecule has 0 unspecified atom stereocenters. The van der Waals surface area contributed by atoms with E-state index < -0.39 is 0 Å². The highest BCUT2D eigenvalue weighted by Gasteiger charge is 2.15. The van der Waals surface area contributed by atoms with Gasteiger partial charge in [0.25, 0.3) is 0 Å². The minimum Gasteiger partial charge on any atom is -0.228 e. The Morgan fingerprint density at radius 1 is 0.194 bits per heavy atom. The summed E-state index contributed by atoms with van der Waals surface area (Å²) in [7, 11) is 0. The van der Waals surface area contributed by atoms with Gasteiger partial charge in [-0.15, -0.1) is 0 Å². The lowest BCUT2D eigenvalue weighted by Crippen LogP contribution is -1.96. The Bertz CT molecular complexity index is 3400. The van der Waals surface area contributed by atoms with Gasteiger partial charge in [0.05, 0.1) is 22.4 Å². The van der Waals surface area contributed by atoms with Crippen molar-refractivity contribution in [3.05, 3.63) is 231 Å². The molecule has 0 radical (unpaired) electrons. The van der Waals surface area contributed by atoms with Gasteiger partial charge in [-0.25, -0.2) is 19.9 Å². The third kappa shape index (κ3) is 7.20. The van der Waals surface area contributed by atoms with Gasteiger partial charge in [0.15, 0.2) is 11.6 Å². The predicted octanol–water partition coefficient (Wildman–Crippen LogP) is 14.9. The Balaban J connectivity index is 0.928. The first-order valence-corrected chi connectivity index (χ1v) is 20.9. The van der Waals surface area contributed by atoms with Gasteiger partial charge < -0.3 is 0 Å². The van der Waals surface area contributed by atoms with Crippen LogP contribution in [0.15, 0.2) is 231 Å². The van der Waals surface area contributed by atoms with Crippen molar-refractivity contribution in [3.8, 4) is 89.8 Å². The number of hydrogen-bond acceptors (Lipinski definition) is 4. The zero-order valence-electron chi connectivity index (χ0n) is 33.7. The maximum Gasteiger partial charge on any atom is 0.160 e. The Morgan fingerprint density at radius 3 is 1.00 bits per heavy atom. The van der Waals surface area contributed by atoms with Gasteiger partial charge in [0, 0.05) is 33.0 Å². The molecular weight excluding hydrogens is 753 g/mol. The molecule has 0 saturated carbocycles. The van der Waals surface area contributed by atoms with Gasteiger partial charge in [-0.1, -0.05) is 194 Å². The van der Waals surface area contributed by atoms with E-state index in [4.69, 9.17) is 19.9 Å². The summed E-state index contributed by atoms with van der Waals surface area (Å²) in [5.74, 6) is 1.38. The highest BCUT2D eigenvalue weighted by molar-refractivity contribution is 5.96. The Labute approximate surface area is 360 Å². The molecule has 9 aromatic carbocycles. The molecule has 0 fully saturated rings. The van der Waals surface area contributed by atoms with E-state index >= 15 is 0 Å². The summed E-state index contributed by atoms with van der Waals surface area (Å²) < 4.78 is 0. The maximum absolute atomic E-state index is 5.25. The molecule has 4 heteroatoms. The van der Waals surface area contributed by atoms with E-state index in [0.717, 1.165) is 83.3 Å². The van der Waals surface area contributed by atoms with Crippen LogP contribution in [0.4, 0.5) is 0 Å². The van der Waals surface area contributed by atoms with Crippen molar-refractivity contribution < 1.29 is 0 Å². The summed E-state index contributed by atoms with van der Waals surface area (Å²) in [5.41, 5.74) is 16.8. The first-order chi connectivity index (χ1) is 30.7. The van der Waals surface area contributed by atoms with Crippen LogP contribution in [0.2, 0.25) is 0 Å². The molecule has 0 N–H and O–H groups in total. The number of hydrogen-bond donors (Lipinski definition) is 0. The molecule has 0 amide bonds. The second-order valence-electron chi connectivity index (χ2n) is 15.5. The molecule has 0 aliphatic heterocycles. The van der Waals surface area contributed by atoms with E-state index in [1.54, 1.807) is 0 Å². The van der Waals surface area contributed by atoms with E-state index in [1.807, 2.05) is 24.3 Å². The molecule has 0 atom stereocenters. The summed E-state index contributed by atoms with van der Waals surface area (Å²) >= 11 is 0. The summed E-state index contributed by atoms with van der Waals surface area (Å²) in [4.78, 5) is 20.6. The topological polar surface area (TPSA) is 51.6 Å². The number of fused-ring (bicyclic) bond motifs is 2. The summed E-state index contributed by atoms with van der Waals surface area (Å²) in [5, 5.41) is 2.05. The predicted molar refractivity (Wildman–Crippen MR) is 256 cm³/mol. The van der Waals surface area contributed by atoms with E-state index in [-0.39, 0.29) is 0 Å². The van der Waals surface area contributed by atoms with E-state index in [9.17, 15) is 0 Å². The van der Waals surface area contributed by atoms with Gasteiger partial charge in [0.1, 0.15) is 0 Å². The smallest absolute Gasteiger partial charge is 0.160 e. The molecule has 290 valence electrons. The van der Waals surface area contributed by atoms with Crippen LogP contribution in [-0.4, -0.2) is 19.9 Å². The largest absolute Gasteiger partial charge is 0.228 e. The Hall–Kier alpha value is -8.34. The third-order valence-corrected chi connectivity index (χ3v) is 11.5. The summed E-state index contributed by atoms with van der Waals surface area (Å²) in [6, 6.07) is 80.5. The first kappa shape index (κ1) is 36.7. The van der Waals surface area contributed by atoms with Gasteiger partial charge in [-0.05, 0) is 80.9 Å². The standard InChI is InChI=1S/C58H38N4/c1-3-15-39(16-4-1)41-31-33-42(34-32-41)55-51-27-7-9-29-53(51)59-57(61-55)49-25-13-22-46(37-49)44-20-11-21-45(35-44)47-23-14-26-50(38-47)58-60-54-30-10-8-28-52(54)56(62-58)48-24-12-19-43(36-48)40-17-5-2-6-18-40/h1-38H. The molecule has 4 nitrogen and oxygen atoms in total. The minimum atomic E-state index is 0.691. The Kier molecular flexibility index (Phi) is 9.49. The van der Waals surface area contributed by atoms with Gasteiger partial charge >= 0.3 is 0 Å². The van der Waals surface area contributed by atoms with Crippen LogP contribution in [0.5, 0.6) is 0 Å². The number of nitrogens with zero attached hydrogens (tertiary/aromatic N) is 4. The molecule has 0 bridgehead atoms. The fourth-order valence-corrected chi connectivity index (χ4v) is 8.33. The molecule has 0 aliphatic rings. The lowest BCUT2D eigenvalue weighted by Gasteiger charge is -2.12. The highest BCUT2D eigenvalue weighted by atomic mass is 14.9. The van der Waals surface area contributed by atoms with Crippen LogP contribution in [0, 0.1) is 0 Å². The van der Waals surface area contributed by atoms with Crippen molar-refractivity contribution in [1.82, 2.24) is 19.9 Å². The Morgan fingerprint density at radius 2 is 0.500 bits per heavy atom. The number of rotatable bonds is 8. The molecule has 62 heavy (non-hydrogen) atoms. The number of benzene rings is 9. The molecular formula is C58H38N4. The molecule has 11 rings (SSSR count). The zero-order chi connectivity index (χ0) is 41.2. The SMILES string of the molecule is c1ccc(-c2ccc(-c3nc(-c4cccc(-c5cccc(-c6cccc(-c7nc(-c8cccc(-c9ccccc9)c8)c8ccccc8n7)c6)c5)c4)nc4ccccc34)cc2)cc1. The van der Waals surface area contributed by atoms with Crippen LogP contribution in [0.25, 0.3) is 112 Å². The van der Waals surface area contributed by atoms with Gasteiger partial charge in [-0.2, -0.15) is 0 Å². The average molecular weight is 791 g/mol. The lowest BCUT2D eigenvalue weighted by atomic mass is 9.96. The van der Waals surface area contributed by atoms with Crippen molar-refractivity contribution >= 4 is 21.8 Å². The second-order valence-corrected chi connectivity index (χ2v) is 15.5. The van der Waals surface area contributed by atoms with E-state index in [2.05, 4.69) is 206 Å². The number of para-hydroxylation sites is 2. The number of aromatic nitrogens is 4. The van der Waals surface area contributed by atoms with E-state index in [1.165, 1.54) is 16.7 Å². The fraction of sp³-hybridized carbons (Fsp3) is 0. The lowest BCUT2D eigenvalue weighted by molar-refractivity contribution is 1.23. The molecule has 0 aliphatic carbocycles. The van der Waals surface area contributed by atoms with Crippen molar-refractivity contribution in [1.29, 1.82) is 0 Å². The first-order valence-electron chi connectivity index (χ1n) is 20.9. The molecule has 0 spiro atoms. The fourth-order valence-electron chi connectivity index (χ4n) is 8.33. The van der Waals surface area contributed by atoms with Gasteiger partial charge in [-0.3, -0.25) is 0 Å². The zero-order valence-corrected chi connectivity index (χ0v) is 33.7. The van der Waals surface area contributed by atoms with Crippen LogP contribution in [0.1, 0.15) is 0 Å². The second kappa shape index (κ2) is 16.0. The van der Waals surface area contributed by atoms with Crippen LogP contribution in [-0.2, 0) is 0 Å². The van der Waals surface area contributed by atoms with Crippen LogP contribution < -0.4 is 0 Å². The molecule has 0 saturated heterocycles. The maximum atomic E-state index is 5.25. The molecule has 2 heterocycles. The quantitative estimate of drug-likeness (QED) is 0.154. The minimum absolute atomic E-state index is 0.691. The summed E-state index contributed by atoms with van der Waals surface area (Å²) in [6.07, 6.45) is 0. The summed E-state index contributed by atoms with van der Waals surface area (Å²) in [6.45, 7) is 0. The molecule has 2 aromatic heterocycles. The average Bonchev–Trinajstić information content (AvgIpc) is 3.36. The molecule has 11 aromatic rings. The third-order valence-electron chi connectivity index (χ3n) is 11.5. The van der Waals surface area contributed by atoms with Crippen molar-refractivity contribution in [2.45, 2.75) is 0 Å². The van der Waals surface area contributed by atoms with Gasteiger partial charge in [0.2, 0.25) is 0 Å². The van der Waals surface area contributed by atoms with Crippen LogP contribution >= 0.6 is 0 Å². The van der Waals surface area contributed by atoms with Crippen molar-refractivity contribution in [3.63, 3.8) is 0 Å². The van der Waals surface area contributed by atoms with E-state index in [0.29, 0.717) is 11.6 Å². The highest BCUT2D eigenvalue weighted by Crippen LogP contribution is 2.36. The van der Waals surface area contributed by atoms with Crippen molar-refractivity contribution in [2.75, 3.05) is 0 Å².